The van der Waals surface area contributed by atoms with Gasteiger partial charge in [-0.3, -0.25) is 4.79 Å². The van der Waals surface area contributed by atoms with Crippen molar-refractivity contribution in [2.45, 2.75) is 66.5 Å². The molecule has 0 fully saturated rings. The molecule has 0 aliphatic carbocycles. The van der Waals surface area contributed by atoms with Gasteiger partial charge in [-0.15, -0.1) is 0 Å². The first kappa shape index (κ1) is 25.9. The van der Waals surface area contributed by atoms with E-state index >= 15 is 0 Å². The summed E-state index contributed by atoms with van der Waals surface area (Å²) >= 11 is 0. The molecular weight excluding hydrogens is 329 g/mol. The number of allylic oxidation sites excluding steroid dienone is 2. The predicted molar refractivity (Wildman–Crippen MR) is 99.6 cm³/mol. The standard InChI is InChI=1S/C17H29F3N2O.C2H6/c1-4-7-13-22(6-3)14-12-21-16(23)15(9-5-2)10-8-11-17(18,19)20;1-2/h8-10H,4-7,11-14H2,1-3H3,(H,21,23);1-2H3/b10-8-,15-9+;. The Morgan fingerprint density at radius 1 is 1.12 bits per heavy atom. The second-order valence-corrected chi connectivity index (χ2v) is 5.33. The molecule has 0 aromatic rings. The molecule has 0 radical (unpaired) electrons. The summed E-state index contributed by atoms with van der Waals surface area (Å²) in [5.41, 5.74) is 0.286. The Hall–Kier alpha value is -1.30. The molecule has 0 bridgehead atoms. The number of halogens is 3. The zero-order valence-electron chi connectivity index (χ0n) is 16.4. The van der Waals surface area contributed by atoms with Gasteiger partial charge in [-0.05, 0) is 25.9 Å². The molecule has 0 aliphatic rings. The summed E-state index contributed by atoms with van der Waals surface area (Å²) in [5.74, 6) is -0.322. The van der Waals surface area contributed by atoms with Gasteiger partial charge in [0, 0.05) is 18.7 Å². The fraction of sp³-hybridized carbons (Fsp3) is 0.737. The number of nitrogens with one attached hydrogen (secondary N) is 1. The van der Waals surface area contributed by atoms with Crippen LogP contribution in [0.4, 0.5) is 13.2 Å². The van der Waals surface area contributed by atoms with Gasteiger partial charge in [-0.25, -0.2) is 0 Å². The first-order valence-electron chi connectivity index (χ1n) is 9.28. The predicted octanol–water partition coefficient (Wildman–Crippen LogP) is 5.10. The van der Waals surface area contributed by atoms with E-state index in [1.54, 1.807) is 6.08 Å². The Balaban J connectivity index is 0. The number of alkyl halides is 3. The Morgan fingerprint density at radius 2 is 1.76 bits per heavy atom. The van der Waals surface area contributed by atoms with Gasteiger partial charge in [-0.1, -0.05) is 59.3 Å². The van der Waals surface area contributed by atoms with Crippen LogP contribution in [0.3, 0.4) is 0 Å². The molecule has 0 unspecified atom stereocenters. The molecule has 1 amide bonds. The van der Waals surface area contributed by atoms with Crippen molar-refractivity contribution in [2.24, 2.45) is 0 Å². The zero-order chi connectivity index (χ0) is 19.7. The van der Waals surface area contributed by atoms with E-state index in [-0.39, 0.29) is 11.5 Å². The SMILES string of the molecule is CC.CC/C=C(\C=C/CC(F)(F)F)C(=O)NCCN(CC)CCCC. The molecule has 1 N–H and O–H groups in total. The smallest absolute Gasteiger partial charge is 0.351 e. The topological polar surface area (TPSA) is 32.3 Å². The van der Waals surface area contributed by atoms with Crippen molar-refractivity contribution in [3.63, 3.8) is 0 Å². The average molecular weight is 364 g/mol. The molecule has 25 heavy (non-hydrogen) atoms. The van der Waals surface area contributed by atoms with Crippen molar-refractivity contribution in [1.29, 1.82) is 0 Å². The molecule has 0 atom stereocenters. The fourth-order valence-corrected chi connectivity index (χ4v) is 2.02. The first-order chi connectivity index (χ1) is 11.8. The number of rotatable bonds is 11. The van der Waals surface area contributed by atoms with Gasteiger partial charge in [0.25, 0.3) is 5.91 Å². The normalized spacial score (nSPS) is 12.3. The second kappa shape index (κ2) is 16.2. The molecule has 0 saturated heterocycles. The van der Waals surface area contributed by atoms with Crippen molar-refractivity contribution in [2.75, 3.05) is 26.2 Å². The Labute approximate surface area is 151 Å². The number of carbonyl (C=O) groups is 1. The number of likely N-dealkylation sites (N-methyl/N-ethyl adjacent to an activating group) is 1. The molecular formula is C19H35F3N2O. The summed E-state index contributed by atoms with van der Waals surface area (Å²) < 4.78 is 36.4. The number of nitrogens with zero attached hydrogens (tertiary/aromatic N) is 1. The van der Waals surface area contributed by atoms with Crippen molar-refractivity contribution in [3.05, 3.63) is 23.8 Å². The van der Waals surface area contributed by atoms with E-state index in [4.69, 9.17) is 0 Å². The van der Waals surface area contributed by atoms with Crippen LogP contribution in [-0.2, 0) is 4.79 Å². The minimum atomic E-state index is -4.24. The van der Waals surface area contributed by atoms with E-state index in [1.807, 2.05) is 20.8 Å². The van der Waals surface area contributed by atoms with E-state index in [1.165, 1.54) is 6.08 Å². The molecule has 3 nitrogen and oxygen atoms in total. The van der Waals surface area contributed by atoms with E-state index in [9.17, 15) is 18.0 Å². The summed E-state index contributed by atoms with van der Waals surface area (Å²) in [6.45, 7) is 13.2. The van der Waals surface area contributed by atoms with Gasteiger partial charge >= 0.3 is 6.18 Å². The first-order valence-corrected chi connectivity index (χ1v) is 9.28. The number of hydrogen-bond donors (Lipinski definition) is 1. The molecule has 0 spiro atoms. The molecule has 0 rings (SSSR count). The van der Waals surface area contributed by atoms with Crippen molar-refractivity contribution in [3.8, 4) is 0 Å². The molecule has 0 aliphatic heterocycles. The van der Waals surface area contributed by atoms with Crippen LogP contribution in [-0.4, -0.2) is 43.2 Å². The lowest BCUT2D eigenvalue weighted by atomic mass is 10.1. The monoisotopic (exact) mass is 364 g/mol. The van der Waals surface area contributed by atoms with Crippen molar-refractivity contribution >= 4 is 5.91 Å². The highest BCUT2D eigenvalue weighted by Crippen LogP contribution is 2.20. The summed E-state index contributed by atoms with van der Waals surface area (Å²) in [6.07, 6.45) is 1.43. The Bertz CT molecular complexity index is 391. The second-order valence-electron chi connectivity index (χ2n) is 5.33. The third kappa shape index (κ3) is 15.9. The Morgan fingerprint density at radius 3 is 2.24 bits per heavy atom. The van der Waals surface area contributed by atoms with Crippen LogP contribution in [0, 0.1) is 0 Å². The van der Waals surface area contributed by atoms with Crippen LogP contribution < -0.4 is 5.32 Å². The minimum absolute atomic E-state index is 0.286. The van der Waals surface area contributed by atoms with E-state index in [2.05, 4.69) is 24.1 Å². The summed E-state index contributed by atoms with van der Waals surface area (Å²) in [7, 11) is 0. The molecule has 148 valence electrons. The fourth-order valence-electron chi connectivity index (χ4n) is 2.02. The van der Waals surface area contributed by atoms with Gasteiger partial charge in [0.05, 0.1) is 6.42 Å². The van der Waals surface area contributed by atoms with Crippen molar-refractivity contribution in [1.82, 2.24) is 10.2 Å². The van der Waals surface area contributed by atoms with Gasteiger partial charge in [0.2, 0.25) is 0 Å². The maximum Gasteiger partial charge on any atom is 0.392 e. The molecule has 0 heterocycles. The third-order valence-electron chi connectivity index (χ3n) is 3.32. The van der Waals surface area contributed by atoms with Gasteiger partial charge < -0.3 is 10.2 Å². The van der Waals surface area contributed by atoms with Crippen LogP contribution in [0.5, 0.6) is 0 Å². The molecule has 0 saturated carbocycles. The summed E-state index contributed by atoms with van der Waals surface area (Å²) in [6, 6.07) is 0. The van der Waals surface area contributed by atoms with Crippen molar-refractivity contribution < 1.29 is 18.0 Å². The number of carbonyl (C=O) groups excluding carboxylic acids is 1. The van der Waals surface area contributed by atoms with E-state index in [0.29, 0.717) is 13.0 Å². The highest BCUT2D eigenvalue weighted by Gasteiger charge is 2.24. The summed E-state index contributed by atoms with van der Waals surface area (Å²) in [4.78, 5) is 14.3. The van der Waals surface area contributed by atoms with Gasteiger partial charge in [-0.2, -0.15) is 13.2 Å². The summed E-state index contributed by atoms with van der Waals surface area (Å²) in [5, 5.41) is 2.78. The van der Waals surface area contributed by atoms with E-state index in [0.717, 1.165) is 38.6 Å². The quantitative estimate of drug-likeness (QED) is 0.409. The lowest BCUT2D eigenvalue weighted by molar-refractivity contribution is -0.125. The number of hydrogen-bond acceptors (Lipinski definition) is 2. The number of amides is 1. The molecule has 0 aromatic heterocycles. The maximum atomic E-state index is 12.1. The largest absolute Gasteiger partial charge is 0.392 e. The highest BCUT2D eigenvalue weighted by atomic mass is 19.4. The lowest BCUT2D eigenvalue weighted by Gasteiger charge is -2.20. The average Bonchev–Trinajstić information content (AvgIpc) is 2.57. The van der Waals surface area contributed by atoms with Crippen LogP contribution in [0.2, 0.25) is 0 Å². The third-order valence-corrected chi connectivity index (χ3v) is 3.32. The van der Waals surface area contributed by atoms with Crippen LogP contribution in [0.15, 0.2) is 23.8 Å². The van der Waals surface area contributed by atoms with Crippen LogP contribution in [0.1, 0.15) is 60.3 Å². The highest BCUT2D eigenvalue weighted by molar-refractivity contribution is 5.96. The maximum absolute atomic E-state index is 12.1. The minimum Gasteiger partial charge on any atom is -0.351 e. The van der Waals surface area contributed by atoms with Crippen LogP contribution in [0.25, 0.3) is 0 Å². The van der Waals surface area contributed by atoms with Gasteiger partial charge in [0.15, 0.2) is 0 Å². The Kier molecular flexibility index (Phi) is 16.8. The lowest BCUT2D eigenvalue weighted by Crippen LogP contribution is -2.35. The molecule has 6 heteroatoms. The number of unbranched alkanes of at least 4 members (excludes halogenated alkanes) is 1. The van der Waals surface area contributed by atoms with Crippen LogP contribution >= 0.6 is 0 Å². The van der Waals surface area contributed by atoms with E-state index < -0.39 is 12.6 Å². The van der Waals surface area contributed by atoms with Gasteiger partial charge in [0.1, 0.15) is 0 Å². The zero-order valence-corrected chi connectivity index (χ0v) is 16.4. The molecule has 0 aromatic carbocycles.